The summed E-state index contributed by atoms with van der Waals surface area (Å²) in [6.07, 6.45) is 2.38. The van der Waals surface area contributed by atoms with Gasteiger partial charge in [0.15, 0.2) is 0 Å². The molecule has 2 heterocycles. The molecule has 3 rings (SSSR count). The Labute approximate surface area is 165 Å². The van der Waals surface area contributed by atoms with Crippen molar-refractivity contribution in [3.8, 4) is 0 Å². The number of hydrogen-bond acceptors (Lipinski definition) is 4. The molecule has 148 valence electrons. The van der Waals surface area contributed by atoms with E-state index >= 15 is 0 Å². The van der Waals surface area contributed by atoms with Gasteiger partial charge >= 0.3 is 12.1 Å². The van der Waals surface area contributed by atoms with Gasteiger partial charge in [0.05, 0.1) is 5.69 Å². The van der Waals surface area contributed by atoms with E-state index in [-0.39, 0.29) is 18.2 Å². The molecule has 0 bridgehead atoms. The second kappa shape index (κ2) is 8.42. The molecule has 0 unspecified atom stereocenters. The van der Waals surface area contributed by atoms with Crippen molar-refractivity contribution in [2.45, 2.75) is 56.6 Å². The van der Waals surface area contributed by atoms with Crippen LogP contribution in [0.25, 0.3) is 0 Å². The zero-order valence-electron chi connectivity index (χ0n) is 16.4. The Morgan fingerprint density at radius 2 is 1.96 bits per heavy atom. The third-order valence-electron chi connectivity index (χ3n) is 4.59. The van der Waals surface area contributed by atoms with Crippen molar-refractivity contribution in [2.24, 2.45) is 0 Å². The standard InChI is InChI=1S/C20H29N3O3S/c1-20(2,3)26-19(25)22-11-6-8-15(14-22)21-18(24)23-12-7-13-27-17-10-5-4-9-16(17)23/h4-5,9-10,15H,6-8,11-14H2,1-3H3,(H,21,24)/t15-/m1/s1. The highest BCUT2D eigenvalue weighted by Gasteiger charge is 2.30. The van der Waals surface area contributed by atoms with Crippen LogP contribution in [0.5, 0.6) is 0 Å². The van der Waals surface area contributed by atoms with E-state index < -0.39 is 5.60 Å². The minimum atomic E-state index is -0.513. The first-order valence-electron chi connectivity index (χ1n) is 9.61. The number of carbonyl (C=O) groups is 2. The fourth-order valence-electron chi connectivity index (χ4n) is 3.38. The van der Waals surface area contributed by atoms with E-state index in [1.807, 2.05) is 43.9 Å². The van der Waals surface area contributed by atoms with Crippen LogP contribution < -0.4 is 10.2 Å². The van der Waals surface area contributed by atoms with E-state index in [0.29, 0.717) is 19.6 Å². The third-order valence-corrected chi connectivity index (χ3v) is 5.73. The number of rotatable bonds is 1. The molecule has 1 aromatic carbocycles. The predicted molar refractivity (Wildman–Crippen MR) is 108 cm³/mol. The number of nitrogens with one attached hydrogen (secondary N) is 1. The lowest BCUT2D eigenvalue weighted by Gasteiger charge is -2.35. The molecule has 1 aromatic rings. The average molecular weight is 392 g/mol. The number of para-hydroxylation sites is 1. The Balaban J connectivity index is 1.63. The molecule has 0 aliphatic carbocycles. The van der Waals surface area contributed by atoms with Gasteiger partial charge in [-0.1, -0.05) is 12.1 Å². The molecule has 0 spiro atoms. The Bertz CT molecular complexity index is 689. The first kappa shape index (κ1) is 19.9. The summed E-state index contributed by atoms with van der Waals surface area (Å²) in [6, 6.07) is 7.91. The summed E-state index contributed by atoms with van der Waals surface area (Å²) >= 11 is 1.80. The second-order valence-electron chi connectivity index (χ2n) is 8.04. The molecule has 27 heavy (non-hydrogen) atoms. The Hall–Kier alpha value is -1.89. The number of amides is 3. The van der Waals surface area contributed by atoms with E-state index in [9.17, 15) is 9.59 Å². The number of fused-ring (bicyclic) bond motifs is 1. The van der Waals surface area contributed by atoms with E-state index in [2.05, 4.69) is 11.4 Å². The van der Waals surface area contributed by atoms with Gasteiger partial charge in [-0.25, -0.2) is 9.59 Å². The molecule has 1 fully saturated rings. The molecular weight excluding hydrogens is 362 g/mol. The highest BCUT2D eigenvalue weighted by Crippen LogP contribution is 2.33. The lowest BCUT2D eigenvalue weighted by atomic mass is 10.1. The Morgan fingerprint density at radius 1 is 1.19 bits per heavy atom. The number of hydrogen-bond donors (Lipinski definition) is 1. The van der Waals surface area contributed by atoms with Gasteiger partial charge in [-0.05, 0) is 57.9 Å². The van der Waals surface area contributed by atoms with Crippen LogP contribution in [0.2, 0.25) is 0 Å². The van der Waals surface area contributed by atoms with Crippen molar-refractivity contribution in [1.82, 2.24) is 10.2 Å². The number of urea groups is 1. The van der Waals surface area contributed by atoms with E-state index in [1.54, 1.807) is 16.7 Å². The number of thioether (sulfide) groups is 1. The largest absolute Gasteiger partial charge is 0.444 e. The number of benzene rings is 1. The van der Waals surface area contributed by atoms with E-state index in [4.69, 9.17) is 4.74 Å². The van der Waals surface area contributed by atoms with Gasteiger partial charge in [0.25, 0.3) is 0 Å². The van der Waals surface area contributed by atoms with Gasteiger partial charge in [-0.3, -0.25) is 4.90 Å². The fourth-order valence-corrected chi connectivity index (χ4v) is 4.37. The van der Waals surface area contributed by atoms with Crippen molar-refractivity contribution < 1.29 is 14.3 Å². The lowest BCUT2D eigenvalue weighted by molar-refractivity contribution is 0.0191. The van der Waals surface area contributed by atoms with Crippen molar-refractivity contribution in [1.29, 1.82) is 0 Å². The van der Waals surface area contributed by atoms with E-state index in [0.717, 1.165) is 35.6 Å². The molecule has 6 nitrogen and oxygen atoms in total. The van der Waals surface area contributed by atoms with Gasteiger partial charge in [0, 0.05) is 30.6 Å². The van der Waals surface area contributed by atoms with Crippen molar-refractivity contribution in [2.75, 3.05) is 30.3 Å². The van der Waals surface area contributed by atoms with E-state index in [1.165, 1.54) is 0 Å². The molecule has 2 aliphatic rings. The van der Waals surface area contributed by atoms with Crippen LogP contribution in [0.4, 0.5) is 15.3 Å². The number of piperidine rings is 1. The van der Waals surface area contributed by atoms with Gasteiger partial charge in [0.1, 0.15) is 5.60 Å². The van der Waals surface area contributed by atoms with Gasteiger partial charge in [-0.15, -0.1) is 11.8 Å². The summed E-state index contributed by atoms with van der Waals surface area (Å²) in [5.74, 6) is 1.01. The van der Waals surface area contributed by atoms with Crippen LogP contribution in [0.3, 0.4) is 0 Å². The van der Waals surface area contributed by atoms with Crippen molar-refractivity contribution in [3.63, 3.8) is 0 Å². The molecule has 0 radical (unpaired) electrons. The summed E-state index contributed by atoms with van der Waals surface area (Å²) in [5.41, 5.74) is 0.457. The molecular formula is C20H29N3O3S. The van der Waals surface area contributed by atoms with Crippen LogP contribution >= 0.6 is 11.8 Å². The smallest absolute Gasteiger partial charge is 0.410 e. The highest BCUT2D eigenvalue weighted by atomic mass is 32.2. The molecule has 0 saturated carbocycles. The van der Waals surface area contributed by atoms with Gasteiger partial charge < -0.3 is 15.0 Å². The molecule has 0 aromatic heterocycles. The number of anilines is 1. The van der Waals surface area contributed by atoms with Crippen LogP contribution in [0.1, 0.15) is 40.0 Å². The Kier molecular flexibility index (Phi) is 6.19. The fraction of sp³-hybridized carbons (Fsp3) is 0.600. The third kappa shape index (κ3) is 5.31. The highest BCUT2D eigenvalue weighted by molar-refractivity contribution is 7.99. The van der Waals surface area contributed by atoms with Gasteiger partial charge in [-0.2, -0.15) is 0 Å². The summed E-state index contributed by atoms with van der Waals surface area (Å²) < 4.78 is 5.47. The molecule has 1 N–H and O–H groups in total. The van der Waals surface area contributed by atoms with Crippen molar-refractivity contribution in [3.05, 3.63) is 24.3 Å². The molecule has 7 heteroatoms. The van der Waals surface area contributed by atoms with Crippen LogP contribution in [-0.2, 0) is 4.74 Å². The summed E-state index contributed by atoms with van der Waals surface area (Å²) in [7, 11) is 0. The maximum atomic E-state index is 13.0. The van der Waals surface area contributed by atoms with Gasteiger partial charge in [0.2, 0.25) is 0 Å². The monoisotopic (exact) mass is 391 g/mol. The van der Waals surface area contributed by atoms with Crippen LogP contribution in [-0.4, -0.2) is 54.1 Å². The first-order chi connectivity index (χ1) is 12.8. The van der Waals surface area contributed by atoms with Crippen LogP contribution in [0.15, 0.2) is 29.2 Å². The summed E-state index contributed by atoms with van der Waals surface area (Å²) in [5, 5.41) is 3.13. The SMILES string of the molecule is CC(C)(C)OC(=O)N1CCC[C@@H](NC(=O)N2CCCSc3ccccc32)C1. The zero-order valence-corrected chi connectivity index (χ0v) is 17.2. The number of carbonyl (C=O) groups excluding carboxylic acids is 2. The normalized spacial score (nSPS) is 20.5. The number of ether oxygens (including phenoxy) is 1. The summed E-state index contributed by atoms with van der Waals surface area (Å²) in [4.78, 5) is 30.0. The number of nitrogens with zero attached hydrogens (tertiary/aromatic N) is 2. The second-order valence-corrected chi connectivity index (χ2v) is 9.17. The quantitative estimate of drug-likeness (QED) is 0.783. The Morgan fingerprint density at radius 3 is 2.74 bits per heavy atom. The number of likely N-dealkylation sites (tertiary alicyclic amines) is 1. The van der Waals surface area contributed by atoms with Crippen molar-refractivity contribution >= 4 is 29.6 Å². The minimum absolute atomic E-state index is 0.0539. The zero-order chi connectivity index (χ0) is 19.4. The minimum Gasteiger partial charge on any atom is -0.444 e. The first-order valence-corrected chi connectivity index (χ1v) is 10.6. The maximum Gasteiger partial charge on any atom is 0.410 e. The lowest BCUT2D eigenvalue weighted by Crippen LogP contribution is -2.53. The topological polar surface area (TPSA) is 61.9 Å². The molecule has 3 amide bonds. The van der Waals surface area contributed by atoms with Crippen LogP contribution in [0, 0.1) is 0 Å². The molecule has 1 saturated heterocycles. The summed E-state index contributed by atoms with van der Waals surface area (Å²) in [6.45, 7) is 7.46. The molecule has 2 aliphatic heterocycles. The molecule has 1 atom stereocenters. The average Bonchev–Trinajstić information content (AvgIpc) is 2.83. The maximum absolute atomic E-state index is 13.0. The predicted octanol–water partition coefficient (Wildman–Crippen LogP) is 4.10.